The molecule has 1 aliphatic heterocycles. The lowest BCUT2D eigenvalue weighted by Crippen LogP contribution is -2.22. The van der Waals surface area contributed by atoms with Crippen molar-refractivity contribution in [2.45, 2.75) is 26.3 Å². The summed E-state index contributed by atoms with van der Waals surface area (Å²) in [6.45, 7) is 5.24. The van der Waals surface area contributed by atoms with Gasteiger partial charge in [-0.15, -0.1) is 11.3 Å². The molecule has 0 aromatic carbocycles. The Balaban J connectivity index is 1.97. The zero-order valence-corrected chi connectivity index (χ0v) is 10.6. The second kappa shape index (κ2) is 4.99. The summed E-state index contributed by atoms with van der Waals surface area (Å²) >= 11 is 3.58. The maximum absolute atomic E-state index is 4.42. The van der Waals surface area contributed by atoms with Crippen LogP contribution in [0.2, 0.25) is 0 Å². The van der Waals surface area contributed by atoms with Crippen molar-refractivity contribution in [3.8, 4) is 0 Å². The van der Waals surface area contributed by atoms with E-state index < -0.39 is 0 Å². The zero-order valence-electron chi connectivity index (χ0n) is 8.99. The van der Waals surface area contributed by atoms with Crippen LogP contribution >= 0.6 is 23.1 Å². The summed E-state index contributed by atoms with van der Waals surface area (Å²) in [6, 6.07) is 0.277. The number of aromatic nitrogens is 1. The van der Waals surface area contributed by atoms with Gasteiger partial charge in [0.2, 0.25) is 0 Å². The summed E-state index contributed by atoms with van der Waals surface area (Å²) in [7, 11) is 0. The van der Waals surface area contributed by atoms with E-state index in [-0.39, 0.29) is 6.04 Å². The molecule has 0 aliphatic carbocycles. The predicted molar refractivity (Wildman–Crippen MR) is 67.8 cm³/mol. The molecule has 82 valence electrons. The summed E-state index contributed by atoms with van der Waals surface area (Å²) < 4.78 is 0. The number of thioether (sulfide) groups is 1. The SMILES string of the molecule is CCc1cnc(C(C)NC2=NCCS2)s1. The number of nitrogens with zero attached hydrogens (tertiary/aromatic N) is 2. The molecule has 0 saturated heterocycles. The fraction of sp³-hybridized carbons (Fsp3) is 0.600. The average molecular weight is 241 g/mol. The molecule has 1 unspecified atom stereocenters. The van der Waals surface area contributed by atoms with Crippen molar-refractivity contribution in [1.82, 2.24) is 10.3 Å². The molecule has 0 bridgehead atoms. The number of nitrogens with one attached hydrogen (secondary N) is 1. The summed E-state index contributed by atoms with van der Waals surface area (Å²) in [4.78, 5) is 10.1. The Bertz CT molecular complexity index is 359. The summed E-state index contributed by atoms with van der Waals surface area (Å²) in [5, 5.41) is 5.61. The molecular formula is C10H15N3S2. The fourth-order valence-electron chi connectivity index (χ4n) is 1.36. The summed E-state index contributed by atoms with van der Waals surface area (Å²) in [5.41, 5.74) is 0. The predicted octanol–water partition coefficient (Wildman–Crippen LogP) is 2.46. The first-order chi connectivity index (χ1) is 7.29. The third-order valence-electron chi connectivity index (χ3n) is 2.22. The largest absolute Gasteiger partial charge is 0.356 e. The molecule has 2 heterocycles. The molecule has 0 spiro atoms. The molecule has 1 N–H and O–H groups in total. The van der Waals surface area contributed by atoms with Crippen LogP contribution in [0.15, 0.2) is 11.2 Å². The van der Waals surface area contributed by atoms with E-state index in [2.05, 4.69) is 29.1 Å². The van der Waals surface area contributed by atoms with Gasteiger partial charge in [0.05, 0.1) is 12.6 Å². The average Bonchev–Trinajstić information content (AvgIpc) is 2.86. The topological polar surface area (TPSA) is 37.3 Å². The van der Waals surface area contributed by atoms with Crippen molar-refractivity contribution in [3.63, 3.8) is 0 Å². The van der Waals surface area contributed by atoms with Crippen molar-refractivity contribution in [2.24, 2.45) is 4.99 Å². The van der Waals surface area contributed by atoms with Gasteiger partial charge in [0.25, 0.3) is 0 Å². The Hall–Kier alpha value is -0.550. The van der Waals surface area contributed by atoms with Gasteiger partial charge in [0.15, 0.2) is 5.17 Å². The van der Waals surface area contributed by atoms with E-state index >= 15 is 0 Å². The molecule has 1 aromatic heterocycles. The van der Waals surface area contributed by atoms with Gasteiger partial charge in [0.1, 0.15) is 5.01 Å². The van der Waals surface area contributed by atoms with Crippen molar-refractivity contribution >= 4 is 28.3 Å². The lowest BCUT2D eigenvalue weighted by Gasteiger charge is -2.11. The minimum Gasteiger partial charge on any atom is -0.356 e. The van der Waals surface area contributed by atoms with Crippen molar-refractivity contribution in [1.29, 1.82) is 0 Å². The van der Waals surface area contributed by atoms with E-state index in [0.29, 0.717) is 0 Å². The van der Waals surface area contributed by atoms with Crippen LogP contribution in [0.1, 0.15) is 29.8 Å². The second-order valence-electron chi connectivity index (χ2n) is 3.42. The zero-order chi connectivity index (χ0) is 10.7. The van der Waals surface area contributed by atoms with Gasteiger partial charge in [-0.25, -0.2) is 4.98 Å². The first-order valence-corrected chi connectivity index (χ1v) is 6.98. The maximum atomic E-state index is 4.42. The molecule has 0 radical (unpaired) electrons. The lowest BCUT2D eigenvalue weighted by molar-refractivity contribution is 0.716. The van der Waals surface area contributed by atoms with Gasteiger partial charge in [-0.1, -0.05) is 18.7 Å². The molecule has 2 rings (SSSR count). The van der Waals surface area contributed by atoms with Crippen LogP contribution in [0.5, 0.6) is 0 Å². The molecule has 1 aliphatic rings. The molecule has 3 nitrogen and oxygen atoms in total. The number of amidine groups is 1. The smallest absolute Gasteiger partial charge is 0.157 e. The molecule has 1 aromatic rings. The van der Waals surface area contributed by atoms with Crippen LogP contribution in [0, 0.1) is 0 Å². The Kier molecular flexibility index (Phi) is 3.64. The highest BCUT2D eigenvalue weighted by Gasteiger charge is 2.14. The van der Waals surface area contributed by atoms with Crippen molar-refractivity contribution in [3.05, 3.63) is 16.1 Å². The Morgan fingerprint density at radius 3 is 3.07 bits per heavy atom. The highest BCUT2D eigenvalue weighted by Crippen LogP contribution is 2.21. The van der Waals surface area contributed by atoms with Crippen molar-refractivity contribution < 1.29 is 0 Å². The van der Waals surface area contributed by atoms with Gasteiger partial charge in [-0.05, 0) is 13.3 Å². The highest BCUT2D eigenvalue weighted by atomic mass is 32.2. The van der Waals surface area contributed by atoms with Gasteiger partial charge >= 0.3 is 0 Å². The molecule has 0 fully saturated rings. The summed E-state index contributed by atoms with van der Waals surface area (Å²) in [5.74, 6) is 1.10. The van der Waals surface area contributed by atoms with E-state index in [1.54, 1.807) is 23.1 Å². The minimum atomic E-state index is 0.277. The third-order valence-corrected chi connectivity index (χ3v) is 4.45. The van der Waals surface area contributed by atoms with E-state index in [4.69, 9.17) is 0 Å². The van der Waals surface area contributed by atoms with E-state index in [1.807, 2.05) is 6.20 Å². The number of aliphatic imine (C=N–C) groups is 1. The van der Waals surface area contributed by atoms with Crippen LogP contribution in [0.4, 0.5) is 0 Å². The first kappa shape index (κ1) is 11.0. The fourth-order valence-corrected chi connectivity index (χ4v) is 3.03. The van der Waals surface area contributed by atoms with E-state index in [0.717, 1.165) is 28.9 Å². The number of hydrogen-bond acceptors (Lipinski definition) is 5. The lowest BCUT2D eigenvalue weighted by atomic mass is 10.4. The molecule has 1 atom stereocenters. The van der Waals surface area contributed by atoms with Crippen molar-refractivity contribution in [2.75, 3.05) is 12.3 Å². The molecule has 0 amide bonds. The van der Waals surface area contributed by atoms with Gasteiger partial charge in [0, 0.05) is 16.8 Å². The van der Waals surface area contributed by atoms with Crippen LogP contribution in [0.25, 0.3) is 0 Å². The highest BCUT2D eigenvalue weighted by molar-refractivity contribution is 8.14. The third kappa shape index (κ3) is 2.72. The first-order valence-electron chi connectivity index (χ1n) is 5.18. The maximum Gasteiger partial charge on any atom is 0.157 e. The molecular weight excluding hydrogens is 226 g/mol. The quantitative estimate of drug-likeness (QED) is 0.883. The number of hydrogen-bond donors (Lipinski definition) is 1. The molecule has 5 heteroatoms. The minimum absolute atomic E-state index is 0.277. The standard InChI is InChI=1S/C10H15N3S2/c1-3-8-6-12-9(15-8)7(2)13-10-11-4-5-14-10/h6-7H,3-5H2,1-2H3,(H,11,13). The van der Waals surface area contributed by atoms with Crippen LogP contribution in [-0.4, -0.2) is 22.4 Å². The van der Waals surface area contributed by atoms with Crippen LogP contribution < -0.4 is 5.32 Å². The van der Waals surface area contributed by atoms with Gasteiger partial charge in [-0.2, -0.15) is 0 Å². The van der Waals surface area contributed by atoms with Gasteiger partial charge < -0.3 is 5.32 Å². The number of rotatable bonds is 3. The van der Waals surface area contributed by atoms with Crippen LogP contribution in [-0.2, 0) is 6.42 Å². The second-order valence-corrected chi connectivity index (χ2v) is 5.65. The Morgan fingerprint density at radius 1 is 1.60 bits per heavy atom. The van der Waals surface area contributed by atoms with Crippen LogP contribution in [0.3, 0.4) is 0 Å². The molecule has 15 heavy (non-hydrogen) atoms. The monoisotopic (exact) mass is 241 g/mol. The summed E-state index contributed by atoms with van der Waals surface area (Å²) in [6.07, 6.45) is 3.04. The van der Waals surface area contributed by atoms with E-state index in [9.17, 15) is 0 Å². The Morgan fingerprint density at radius 2 is 2.47 bits per heavy atom. The Labute approximate surface area is 98.4 Å². The van der Waals surface area contributed by atoms with E-state index in [1.165, 1.54) is 4.88 Å². The number of thiazole rings is 1. The molecule has 0 saturated carbocycles. The normalized spacial score (nSPS) is 17.6. The number of aryl methyl sites for hydroxylation is 1. The van der Waals surface area contributed by atoms with Gasteiger partial charge in [-0.3, -0.25) is 4.99 Å².